The number of carbonyl (C=O) groups excluding carboxylic acids is 2. The van der Waals surface area contributed by atoms with Crippen LogP contribution >= 0.6 is 0 Å². The van der Waals surface area contributed by atoms with Gasteiger partial charge in [0.25, 0.3) is 0 Å². The number of nitrogens with two attached hydrogens (primary N) is 1. The minimum Gasteiger partial charge on any atom is -0.327 e. The number of amides is 2. The van der Waals surface area contributed by atoms with Gasteiger partial charge in [-0.3, -0.25) is 9.59 Å². The second-order valence-corrected chi connectivity index (χ2v) is 4.61. The summed E-state index contributed by atoms with van der Waals surface area (Å²) in [6.07, 6.45) is 1.56. The normalized spacial score (nSPS) is 11.7. The molecule has 0 aliphatic heterocycles. The number of rotatable bonds is 6. The van der Waals surface area contributed by atoms with Crippen LogP contribution in [-0.4, -0.2) is 17.9 Å². The molecule has 2 amide bonds. The molecule has 0 aliphatic carbocycles. The first-order valence-electron chi connectivity index (χ1n) is 6.46. The molecule has 1 aromatic carbocycles. The van der Waals surface area contributed by atoms with Crippen molar-refractivity contribution in [3.05, 3.63) is 24.3 Å². The molecule has 0 heterocycles. The minimum absolute atomic E-state index is 0.0263. The zero-order valence-corrected chi connectivity index (χ0v) is 11.4. The summed E-state index contributed by atoms with van der Waals surface area (Å²) in [5.41, 5.74) is 6.89. The summed E-state index contributed by atoms with van der Waals surface area (Å²) in [7, 11) is 0. The Morgan fingerprint density at radius 3 is 2.32 bits per heavy atom. The first-order valence-corrected chi connectivity index (χ1v) is 6.46. The van der Waals surface area contributed by atoms with Gasteiger partial charge in [0.2, 0.25) is 11.8 Å². The van der Waals surface area contributed by atoms with Gasteiger partial charge < -0.3 is 16.4 Å². The molecule has 0 aliphatic rings. The zero-order chi connectivity index (χ0) is 14.3. The van der Waals surface area contributed by atoms with Gasteiger partial charge in [-0.25, -0.2) is 0 Å². The number of hydrogen-bond donors (Lipinski definition) is 3. The molecule has 5 nitrogen and oxygen atoms in total. The highest BCUT2D eigenvalue weighted by Gasteiger charge is 2.06. The van der Waals surface area contributed by atoms with Crippen LogP contribution in [0.5, 0.6) is 0 Å². The van der Waals surface area contributed by atoms with E-state index in [1.54, 1.807) is 31.2 Å². The molecule has 1 rings (SSSR count). The maximum absolute atomic E-state index is 11.6. The van der Waals surface area contributed by atoms with E-state index in [9.17, 15) is 9.59 Å². The van der Waals surface area contributed by atoms with Crippen molar-refractivity contribution in [2.45, 2.75) is 39.2 Å². The monoisotopic (exact) mass is 263 g/mol. The largest absolute Gasteiger partial charge is 0.327 e. The Morgan fingerprint density at radius 2 is 1.79 bits per heavy atom. The minimum atomic E-state index is -0.174. The lowest BCUT2D eigenvalue weighted by atomic mass is 10.2. The molecule has 5 heteroatoms. The molecular formula is C14H21N3O2. The van der Waals surface area contributed by atoms with Gasteiger partial charge in [-0.15, -0.1) is 0 Å². The molecule has 0 radical (unpaired) electrons. The van der Waals surface area contributed by atoms with E-state index in [-0.39, 0.29) is 24.3 Å². The standard InChI is InChI=1S/C14H21N3O2/c1-3-5-13(18)16-11-6-4-7-12(9-11)17-14(19)8-10(2)15/h4,6-7,9-10H,3,5,8,15H2,1-2H3,(H,16,18)(H,17,19). The fourth-order valence-corrected chi connectivity index (χ4v) is 1.63. The highest BCUT2D eigenvalue weighted by molar-refractivity contribution is 5.94. The number of hydrogen-bond acceptors (Lipinski definition) is 3. The van der Waals surface area contributed by atoms with Gasteiger partial charge in [0.05, 0.1) is 0 Å². The summed E-state index contributed by atoms with van der Waals surface area (Å²) in [4.78, 5) is 23.1. The lowest BCUT2D eigenvalue weighted by molar-refractivity contribution is -0.117. The predicted molar refractivity (Wildman–Crippen MR) is 76.9 cm³/mol. The van der Waals surface area contributed by atoms with E-state index in [1.807, 2.05) is 6.92 Å². The van der Waals surface area contributed by atoms with Crippen LogP contribution in [0.2, 0.25) is 0 Å². The fraction of sp³-hybridized carbons (Fsp3) is 0.429. The van der Waals surface area contributed by atoms with Gasteiger partial charge in [-0.05, 0) is 31.5 Å². The maximum Gasteiger partial charge on any atom is 0.225 e. The number of carbonyl (C=O) groups is 2. The molecule has 0 saturated carbocycles. The molecule has 0 saturated heterocycles. The van der Waals surface area contributed by atoms with E-state index in [2.05, 4.69) is 10.6 Å². The van der Waals surface area contributed by atoms with Crippen LogP contribution in [0.4, 0.5) is 11.4 Å². The molecular weight excluding hydrogens is 242 g/mol. The Balaban J connectivity index is 2.61. The quantitative estimate of drug-likeness (QED) is 0.734. The molecule has 0 fully saturated rings. The van der Waals surface area contributed by atoms with Crippen LogP contribution in [0, 0.1) is 0 Å². The molecule has 0 spiro atoms. The van der Waals surface area contributed by atoms with Crippen molar-refractivity contribution < 1.29 is 9.59 Å². The van der Waals surface area contributed by atoms with Crippen molar-refractivity contribution >= 4 is 23.2 Å². The SMILES string of the molecule is CCCC(=O)Nc1cccc(NC(=O)CC(C)N)c1. The van der Waals surface area contributed by atoms with Crippen molar-refractivity contribution in [2.75, 3.05) is 10.6 Å². The fourth-order valence-electron chi connectivity index (χ4n) is 1.63. The molecule has 104 valence electrons. The van der Waals surface area contributed by atoms with Crippen LogP contribution < -0.4 is 16.4 Å². The molecule has 19 heavy (non-hydrogen) atoms. The van der Waals surface area contributed by atoms with Gasteiger partial charge in [0.1, 0.15) is 0 Å². The summed E-state index contributed by atoms with van der Waals surface area (Å²) >= 11 is 0. The third-order valence-corrected chi connectivity index (χ3v) is 2.41. The van der Waals surface area contributed by atoms with Crippen molar-refractivity contribution in [2.24, 2.45) is 5.73 Å². The van der Waals surface area contributed by atoms with E-state index in [4.69, 9.17) is 5.73 Å². The van der Waals surface area contributed by atoms with Crippen LogP contribution in [0.25, 0.3) is 0 Å². The Kier molecular flexibility index (Phi) is 6.02. The molecule has 4 N–H and O–H groups in total. The maximum atomic E-state index is 11.6. The van der Waals surface area contributed by atoms with Gasteiger partial charge in [0, 0.05) is 30.3 Å². The third kappa shape index (κ3) is 6.01. The lowest BCUT2D eigenvalue weighted by Crippen LogP contribution is -2.24. The highest BCUT2D eigenvalue weighted by Crippen LogP contribution is 2.15. The zero-order valence-electron chi connectivity index (χ0n) is 11.4. The second kappa shape index (κ2) is 7.53. The molecule has 0 aromatic heterocycles. The topological polar surface area (TPSA) is 84.2 Å². The van der Waals surface area contributed by atoms with E-state index in [0.717, 1.165) is 6.42 Å². The highest BCUT2D eigenvalue weighted by atomic mass is 16.2. The Morgan fingerprint density at radius 1 is 1.21 bits per heavy atom. The second-order valence-electron chi connectivity index (χ2n) is 4.61. The van der Waals surface area contributed by atoms with Gasteiger partial charge in [-0.1, -0.05) is 13.0 Å². The van der Waals surface area contributed by atoms with E-state index < -0.39 is 0 Å². The third-order valence-electron chi connectivity index (χ3n) is 2.41. The van der Waals surface area contributed by atoms with Crippen molar-refractivity contribution in [1.29, 1.82) is 0 Å². The summed E-state index contributed by atoms with van der Waals surface area (Å²) in [5.74, 6) is -0.159. The molecule has 1 unspecified atom stereocenters. The number of benzene rings is 1. The summed E-state index contributed by atoms with van der Waals surface area (Å²) in [5, 5.41) is 5.53. The van der Waals surface area contributed by atoms with Gasteiger partial charge in [0.15, 0.2) is 0 Å². The van der Waals surface area contributed by atoms with Crippen molar-refractivity contribution in [1.82, 2.24) is 0 Å². The number of nitrogens with one attached hydrogen (secondary N) is 2. The Labute approximate surface area is 113 Å². The smallest absolute Gasteiger partial charge is 0.225 e. The van der Waals surface area contributed by atoms with Gasteiger partial charge in [-0.2, -0.15) is 0 Å². The Hall–Kier alpha value is -1.88. The van der Waals surface area contributed by atoms with Gasteiger partial charge >= 0.3 is 0 Å². The first-order chi connectivity index (χ1) is 9.01. The van der Waals surface area contributed by atoms with Crippen LogP contribution in [0.15, 0.2) is 24.3 Å². The van der Waals surface area contributed by atoms with E-state index >= 15 is 0 Å². The van der Waals surface area contributed by atoms with Crippen molar-refractivity contribution in [3.63, 3.8) is 0 Å². The Bertz CT molecular complexity index is 444. The summed E-state index contributed by atoms with van der Waals surface area (Å²) in [6.45, 7) is 3.73. The molecule has 1 atom stereocenters. The average Bonchev–Trinajstić information content (AvgIpc) is 2.28. The van der Waals surface area contributed by atoms with Crippen molar-refractivity contribution in [3.8, 4) is 0 Å². The van der Waals surface area contributed by atoms with Crippen LogP contribution in [-0.2, 0) is 9.59 Å². The number of anilines is 2. The average molecular weight is 263 g/mol. The molecule has 0 bridgehead atoms. The molecule has 1 aromatic rings. The summed E-state index contributed by atoms with van der Waals surface area (Å²) in [6, 6.07) is 6.89. The van der Waals surface area contributed by atoms with Crippen LogP contribution in [0.3, 0.4) is 0 Å². The predicted octanol–water partition coefficient (Wildman–Crippen LogP) is 2.10. The lowest BCUT2D eigenvalue weighted by Gasteiger charge is -2.09. The van der Waals surface area contributed by atoms with Crippen LogP contribution in [0.1, 0.15) is 33.1 Å². The first kappa shape index (κ1) is 15.2. The summed E-state index contributed by atoms with van der Waals surface area (Å²) < 4.78 is 0. The van der Waals surface area contributed by atoms with E-state index in [1.165, 1.54) is 0 Å². The van der Waals surface area contributed by atoms with E-state index in [0.29, 0.717) is 17.8 Å².